The van der Waals surface area contributed by atoms with Gasteiger partial charge in [-0.05, 0) is 241 Å². The Labute approximate surface area is 636 Å². The fourth-order valence-corrected chi connectivity index (χ4v) is 19.4. The van der Waals surface area contributed by atoms with Crippen LogP contribution in [0.3, 0.4) is 0 Å². The summed E-state index contributed by atoms with van der Waals surface area (Å²) < 4.78 is 0. The predicted molar refractivity (Wildman–Crippen MR) is 445 cm³/mol. The minimum atomic E-state index is -0.188. The molecule has 7 aliphatic carbocycles. The van der Waals surface area contributed by atoms with Gasteiger partial charge in [-0.1, -0.05) is 293 Å². The van der Waals surface area contributed by atoms with Gasteiger partial charge < -0.3 is 9.80 Å². The van der Waals surface area contributed by atoms with Crippen molar-refractivity contribution in [2.45, 2.75) is 42.9 Å². The van der Waals surface area contributed by atoms with Crippen LogP contribution in [0.1, 0.15) is 127 Å². The molecule has 0 fully saturated rings. The van der Waals surface area contributed by atoms with Crippen LogP contribution in [0.4, 0.5) is 34.1 Å². The first-order valence-electron chi connectivity index (χ1n) is 37.9. The van der Waals surface area contributed by atoms with E-state index in [1.165, 1.54) is 83.5 Å². The molecule has 16 aromatic rings. The van der Waals surface area contributed by atoms with Crippen LogP contribution in [0.2, 0.25) is 0 Å². The van der Waals surface area contributed by atoms with Gasteiger partial charge in [-0.3, -0.25) is 0 Å². The summed E-state index contributed by atoms with van der Waals surface area (Å²) in [5.41, 5.74) is 41.9. The normalized spacial score (nSPS) is 15.7. The van der Waals surface area contributed by atoms with Gasteiger partial charge >= 0.3 is 0 Å². The van der Waals surface area contributed by atoms with E-state index in [1.807, 2.05) is 6.07 Å². The highest BCUT2D eigenvalue weighted by Crippen LogP contribution is 2.61. The first kappa shape index (κ1) is 63.6. The van der Waals surface area contributed by atoms with E-state index in [9.17, 15) is 10.5 Å². The van der Waals surface area contributed by atoms with Crippen molar-refractivity contribution in [2.75, 3.05) is 9.80 Å². The Hall–Kier alpha value is -13.9. The maximum absolute atomic E-state index is 10.8. The molecule has 0 unspecified atom stereocenters. The summed E-state index contributed by atoms with van der Waals surface area (Å²) in [6.45, 7) is 4.71. The SMILES string of the molecule is CC1(C)c2ccccc2-c2ccc(N(c3ccc(-c4ccc(-c5ccc(-c6ccc(N(c7ccc(-c8ccccc8)cc7)c7cccc(-c8ccc(C#N)c9c8C8c%10ccccc%10C9c9ccccc98)c7)cc6)cc5)cc4)cc3)c3cccc(-c4ccc(C#N)c5c4C4c6ccccc6C5c5ccccc54)c3)cc21. The number of nitriles is 2. The fourth-order valence-electron chi connectivity index (χ4n) is 19.4. The Balaban J connectivity index is 0.580. The van der Waals surface area contributed by atoms with Gasteiger partial charge in [-0.2, -0.15) is 10.5 Å². The Morgan fingerprint density at radius 1 is 0.220 bits per heavy atom. The smallest absolute Gasteiger partial charge is 0.0994 e. The molecule has 0 atom stereocenters. The number of benzene rings is 16. The molecule has 0 saturated heterocycles. The van der Waals surface area contributed by atoms with Gasteiger partial charge in [0.2, 0.25) is 0 Å². The van der Waals surface area contributed by atoms with E-state index in [-0.39, 0.29) is 29.1 Å². The molecule has 0 aromatic heterocycles. The first-order chi connectivity index (χ1) is 53.7. The van der Waals surface area contributed by atoms with Gasteiger partial charge in [-0.25, -0.2) is 0 Å². The molecule has 0 saturated carbocycles. The molecule has 0 spiro atoms. The van der Waals surface area contributed by atoms with Crippen molar-refractivity contribution in [3.63, 3.8) is 0 Å². The van der Waals surface area contributed by atoms with Crippen LogP contribution in [0.15, 0.2) is 364 Å². The molecule has 4 bridgehead atoms. The second kappa shape index (κ2) is 25.1. The molecule has 0 heterocycles. The summed E-state index contributed by atoms with van der Waals surface area (Å²) in [5.74, 6) is -0.0121. The molecule has 109 heavy (non-hydrogen) atoms. The molecule has 4 nitrogen and oxygen atoms in total. The molecule has 7 aliphatic rings. The number of nitrogens with zero attached hydrogens (tertiary/aromatic N) is 4. The van der Waals surface area contributed by atoms with Crippen LogP contribution in [0, 0.1) is 22.7 Å². The van der Waals surface area contributed by atoms with Crippen molar-refractivity contribution in [1.29, 1.82) is 10.5 Å². The number of hydrogen-bond donors (Lipinski definition) is 0. The van der Waals surface area contributed by atoms with Crippen LogP contribution >= 0.6 is 0 Å². The molecule has 0 N–H and O–H groups in total. The van der Waals surface area contributed by atoms with Crippen LogP contribution < -0.4 is 9.80 Å². The first-order valence-corrected chi connectivity index (χ1v) is 37.9. The van der Waals surface area contributed by atoms with E-state index in [2.05, 4.69) is 394 Å². The zero-order chi connectivity index (χ0) is 72.6. The highest BCUT2D eigenvalue weighted by Gasteiger charge is 2.46. The Morgan fingerprint density at radius 2 is 0.495 bits per heavy atom. The molecule has 0 radical (unpaired) electrons. The van der Waals surface area contributed by atoms with Crippen molar-refractivity contribution in [2.24, 2.45) is 0 Å². The molecule has 0 aliphatic heterocycles. The van der Waals surface area contributed by atoms with Crippen molar-refractivity contribution >= 4 is 34.1 Å². The molecule has 510 valence electrons. The number of hydrogen-bond acceptors (Lipinski definition) is 4. The van der Waals surface area contributed by atoms with Gasteiger partial charge in [0.15, 0.2) is 0 Å². The van der Waals surface area contributed by atoms with Gasteiger partial charge in [0.25, 0.3) is 0 Å². The minimum absolute atomic E-state index is 0.00635. The number of rotatable bonds is 12. The summed E-state index contributed by atoms with van der Waals surface area (Å²) in [4.78, 5) is 4.79. The van der Waals surface area contributed by atoms with Crippen molar-refractivity contribution in [1.82, 2.24) is 0 Å². The number of fused-ring (bicyclic) bond motifs is 3. The van der Waals surface area contributed by atoms with E-state index in [0.717, 1.165) is 118 Å². The predicted octanol–water partition coefficient (Wildman–Crippen LogP) is 26.7. The second-order valence-corrected chi connectivity index (χ2v) is 30.3. The lowest BCUT2D eigenvalue weighted by Crippen LogP contribution is -2.29. The van der Waals surface area contributed by atoms with Crippen LogP contribution in [-0.2, 0) is 5.41 Å². The lowest BCUT2D eigenvalue weighted by molar-refractivity contribution is 0.660. The average molecular weight is 1390 g/mol. The van der Waals surface area contributed by atoms with Gasteiger partial charge in [-0.15, -0.1) is 0 Å². The highest BCUT2D eigenvalue weighted by molar-refractivity contribution is 5.91. The van der Waals surface area contributed by atoms with Crippen LogP contribution in [0.5, 0.6) is 0 Å². The summed E-state index contributed by atoms with van der Waals surface area (Å²) in [5, 5.41) is 21.6. The molecule has 4 heteroatoms. The Kier molecular flexibility index (Phi) is 14.7. The van der Waals surface area contributed by atoms with E-state index < -0.39 is 0 Å². The van der Waals surface area contributed by atoms with Gasteiger partial charge in [0, 0.05) is 63.2 Å². The monoisotopic (exact) mass is 1390 g/mol. The van der Waals surface area contributed by atoms with E-state index >= 15 is 0 Å². The zero-order valence-corrected chi connectivity index (χ0v) is 60.2. The van der Waals surface area contributed by atoms with Crippen molar-refractivity contribution in [3.8, 4) is 90.0 Å². The van der Waals surface area contributed by atoms with Crippen molar-refractivity contribution in [3.05, 3.63) is 453 Å². The van der Waals surface area contributed by atoms with Crippen LogP contribution in [-0.4, -0.2) is 0 Å². The standard InChI is InChI=1S/C105H70N4/c1-105(2)95-33-15-14-24-85(95)86-59-56-82(62-96(86)105)109(81-23-17-21-74(61-81)84-58-49-76(64-107)98-100-89-27-8-12-31-93(89)102(104(84)98)94-32-13-9-28-90(94)100)79-54-46-72(47-55-79)69-40-36-67(37-41-69)66-34-38-68(39-35-66)71-44-52-78(53-45-71)108(77-50-42-70(43-51-77)65-18-4-3-5-19-65)80-22-16-20-73(60-80)83-57-48-75(63-106)97-99-87-25-6-10-29-91(87)101(103(83)97)92-30-11-7-26-88(92)99/h3-62,99-102H,1-2H3. The lowest BCUT2D eigenvalue weighted by atomic mass is 9.59. The second-order valence-electron chi connectivity index (χ2n) is 30.3. The quantitative estimate of drug-likeness (QED) is 0.122. The maximum Gasteiger partial charge on any atom is 0.0994 e. The summed E-state index contributed by atoms with van der Waals surface area (Å²) in [6.07, 6.45) is 0. The molecular weight excluding hydrogens is 1320 g/mol. The van der Waals surface area contributed by atoms with E-state index in [4.69, 9.17) is 0 Å². The largest absolute Gasteiger partial charge is 0.310 e. The summed E-state index contributed by atoms with van der Waals surface area (Å²) >= 11 is 0. The maximum atomic E-state index is 10.8. The molecule has 0 amide bonds. The average Bonchev–Trinajstić information content (AvgIpc) is 1.10. The Bertz CT molecular complexity index is 6380. The van der Waals surface area contributed by atoms with Crippen LogP contribution in [0.25, 0.3) is 77.9 Å². The number of anilines is 6. The Morgan fingerprint density at radius 3 is 0.872 bits per heavy atom. The summed E-state index contributed by atoms with van der Waals surface area (Å²) in [6, 6.07) is 139. The summed E-state index contributed by atoms with van der Waals surface area (Å²) in [7, 11) is 0. The third-order valence-electron chi connectivity index (χ3n) is 24.4. The topological polar surface area (TPSA) is 54.1 Å². The van der Waals surface area contributed by atoms with Gasteiger partial charge in [0.05, 0.1) is 23.3 Å². The third kappa shape index (κ3) is 10.0. The molecule has 23 rings (SSSR count). The fraction of sp³-hybridized carbons (Fsp3) is 0.0667. The van der Waals surface area contributed by atoms with E-state index in [1.54, 1.807) is 0 Å². The third-order valence-corrected chi connectivity index (χ3v) is 24.4. The lowest BCUT2D eigenvalue weighted by Gasteiger charge is -2.43. The molecular formula is C105H70N4. The highest BCUT2D eigenvalue weighted by atomic mass is 15.1. The molecule has 16 aromatic carbocycles. The zero-order valence-electron chi connectivity index (χ0n) is 60.2. The van der Waals surface area contributed by atoms with E-state index in [0.29, 0.717) is 0 Å². The van der Waals surface area contributed by atoms with Crippen molar-refractivity contribution < 1.29 is 0 Å². The minimum Gasteiger partial charge on any atom is -0.310 e. The van der Waals surface area contributed by atoms with Gasteiger partial charge in [0.1, 0.15) is 0 Å².